The average molecular weight is 497 g/mol. The quantitative estimate of drug-likeness (QED) is 0.618. The summed E-state index contributed by atoms with van der Waals surface area (Å²) in [6, 6.07) is 5.79. The lowest BCUT2D eigenvalue weighted by Crippen LogP contribution is -2.40. The van der Waals surface area contributed by atoms with Crippen molar-refractivity contribution in [1.82, 2.24) is 4.31 Å². The van der Waals surface area contributed by atoms with E-state index in [-0.39, 0.29) is 47.7 Å². The molecule has 1 N–H and O–H groups in total. The van der Waals surface area contributed by atoms with Crippen molar-refractivity contribution in [3.63, 3.8) is 0 Å². The fourth-order valence-electron chi connectivity index (χ4n) is 2.89. The van der Waals surface area contributed by atoms with E-state index >= 15 is 0 Å². The summed E-state index contributed by atoms with van der Waals surface area (Å²) in [6.45, 7) is -0.0281. The van der Waals surface area contributed by atoms with E-state index in [1.54, 1.807) is 0 Å². The number of sulfonamides is 1. The molecule has 0 saturated carbocycles. The largest absolute Gasteiger partial charge is 0.482 e. The first-order valence-electron chi connectivity index (χ1n) is 9.15. The molecule has 3 rings (SSSR count). The first kappa shape index (κ1) is 24.2. The monoisotopic (exact) mass is 496 g/mol. The Labute approximate surface area is 185 Å². The van der Waals surface area contributed by atoms with Gasteiger partial charge in [-0.2, -0.15) is 17.5 Å². The number of nitrogens with one attached hydrogen (secondary N) is 1. The molecule has 1 amide bonds. The molecule has 0 atom stereocenters. The molecule has 2 aromatic rings. The number of halogens is 5. The minimum Gasteiger partial charge on any atom is -0.482 e. The molecule has 2 aromatic carbocycles. The molecule has 0 bridgehead atoms. The molecule has 1 fully saturated rings. The lowest BCUT2D eigenvalue weighted by atomic mass is 10.2. The van der Waals surface area contributed by atoms with Crippen LogP contribution in [-0.4, -0.2) is 51.5 Å². The third-order valence-electron chi connectivity index (χ3n) is 4.41. The molecule has 0 spiro atoms. The molecule has 13 heteroatoms. The van der Waals surface area contributed by atoms with Gasteiger partial charge in [0.25, 0.3) is 5.91 Å². The van der Waals surface area contributed by atoms with Gasteiger partial charge in [0, 0.05) is 23.8 Å². The highest BCUT2D eigenvalue weighted by atomic mass is 35.5. The Morgan fingerprint density at radius 2 is 1.84 bits per heavy atom. The average Bonchev–Trinajstić information content (AvgIpc) is 2.74. The first-order chi connectivity index (χ1) is 15.0. The summed E-state index contributed by atoms with van der Waals surface area (Å²) in [5.74, 6) is -2.52. The lowest BCUT2D eigenvalue weighted by Gasteiger charge is -2.26. The molecule has 1 aliphatic heterocycles. The standard InChI is InChI=1S/C19H17ClF4N2O5S/c20-12-1-4-16(17(9-12)32(28,29)26-5-7-30-8-6-26)31-11-18(27)25-13-2-3-15(21)14(10-13)19(22,23)24/h1-4,9-10H,5-8,11H2,(H,25,27). The second-order valence-electron chi connectivity index (χ2n) is 6.64. The number of hydrogen-bond donors (Lipinski definition) is 1. The van der Waals surface area contributed by atoms with Crippen molar-refractivity contribution >= 4 is 33.2 Å². The van der Waals surface area contributed by atoms with Gasteiger partial charge in [0.05, 0.1) is 18.8 Å². The minimum atomic E-state index is -4.94. The van der Waals surface area contributed by atoms with Crippen molar-refractivity contribution in [3.05, 3.63) is 52.8 Å². The Morgan fingerprint density at radius 1 is 1.16 bits per heavy atom. The van der Waals surface area contributed by atoms with Crippen LogP contribution in [0.1, 0.15) is 5.56 Å². The van der Waals surface area contributed by atoms with Crippen molar-refractivity contribution in [3.8, 4) is 5.75 Å². The lowest BCUT2D eigenvalue weighted by molar-refractivity contribution is -0.140. The number of benzene rings is 2. The molecule has 0 radical (unpaired) electrons. The molecule has 0 aliphatic carbocycles. The van der Waals surface area contributed by atoms with E-state index < -0.39 is 40.1 Å². The summed E-state index contributed by atoms with van der Waals surface area (Å²) >= 11 is 5.93. The smallest absolute Gasteiger partial charge is 0.419 e. The van der Waals surface area contributed by atoms with E-state index in [2.05, 4.69) is 5.32 Å². The fourth-order valence-corrected chi connectivity index (χ4v) is 4.69. The predicted octanol–water partition coefficient (Wildman–Crippen LogP) is 3.54. The Hall–Kier alpha value is -2.41. The Kier molecular flexibility index (Phi) is 7.28. The minimum absolute atomic E-state index is 0.125. The van der Waals surface area contributed by atoms with Crippen LogP contribution in [0.3, 0.4) is 0 Å². The number of morpholine rings is 1. The first-order valence-corrected chi connectivity index (χ1v) is 11.0. The third-order valence-corrected chi connectivity index (χ3v) is 6.56. The highest BCUT2D eigenvalue weighted by molar-refractivity contribution is 7.89. The number of carbonyl (C=O) groups is 1. The van der Waals surface area contributed by atoms with Crippen molar-refractivity contribution < 1.29 is 40.2 Å². The van der Waals surface area contributed by atoms with E-state index in [0.717, 1.165) is 6.07 Å². The van der Waals surface area contributed by atoms with Gasteiger partial charge in [-0.1, -0.05) is 11.6 Å². The number of rotatable bonds is 6. The fraction of sp³-hybridized carbons (Fsp3) is 0.316. The summed E-state index contributed by atoms with van der Waals surface area (Å²) in [7, 11) is -4.00. The number of nitrogens with zero attached hydrogens (tertiary/aromatic N) is 1. The summed E-state index contributed by atoms with van der Waals surface area (Å²) in [5.41, 5.74) is -1.84. The molecule has 1 aliphatic rings. The SMILES string of the molecule is O=C(COc1ccc(Cl)cc1S(=O)(=O)N1CCOCC1)Nc1ccc(F)c(C(F)(F)F)c1. The molecule has 0 unspecified atom stereocenters. The van der Waals surface area contributed by atoms with Crippen molar-refractivity contribution in [2.24, 2.45) is 0 Å². The second kappa shape index (κ2) is 9.61. The van der Waals surface area contributed by atoms with Crippen LogP contribution in [-0.2, 0) is 25.7 Å². The Balaban J connectivity index is 1.74. The molecule has 1 heterocycles. The number of hydrogen-bond acceptors (Lipinski definition) is 5. The maximum atomic E-state index is 13.4. The number of amides is 1. The van der Waals surface area contributed by atoms with Gasteiger partial charge in [0.2, 0.25) is 10.0 Å². The maximum absolute atomic E-state index is 13.4. The predicted molar refractivity (Wildman–Crippen MR) is 107 cm³/mol. The van der Waals surface area contributed by atoms with Gasteiger partial charge in [-0.05, 0) is 36.4 Å². The summed E-state index contributed by atoms with van der Waals surface area (Å²) in [5, 5.41) is 2.28. The highest BCUT2D eigenvalue weighted by Crippen LogP contribution is 2.33. The van der Waals surface area contributed by atoms with Crippen molar-refractivity contribution in [1.29, 1.82) is 0 Å². The molecule has 0 aromatic heterocycles. The van der Waals surface area contributed by atoms with Gasteiger partial charge in [-0.3, -0.25) is 4.79 Å². The van der Waals surface area contributed by atoms with E-state index in [9.17, 15) is 30.8 Å². The summed E-state index contributed by atoms with van der Waals surface area (Å²) < 4.78 is 89.4. The Bertz CT molecular complexity index is 1110. The van der Waals surface area contributed by atoms with Gasteiger partial charge in [0.1, 0.15) is 16.5 Å². The van der Waals surface area contributed by atoms with E-state index in [0.29, 0.717) is 12.1 Å². The van der Waals surface area contributed by atoms with Crippen LogP contribution in [0.25, 0.3) is 0 Å². The number of anilines is 1. The van der Waals surface area contributed by atoms with E-state index in [1.807, 2.05) is 0 Å². The van der Waals surface area contributed by atoms with Crippen LogP contribution in [0.5, 0.6) is 5.75 Å². The van der Waals surface area contributed by atoms with Crippen LogP contribution in [0.15, 0.2) is 41.3 Å². The topological polar surface area (TPSA) is 84.9 Å². The van der Waals surface area contributed by atoms with Crippen molar-refractivity contribution in [2.75, 3.05) is 38.2 Å². The van der Waals surface area contributed by atoms with Gasteiger partial charge < -0.3 is 14.8 Å². The van der Waals surface area contributed by atoms with Gasteiger partial charge >= 0.3 is 6.18 Å². The molecule has 1 saturated heterocycles. The second-order valence-corrected chi connectivity index (χ2v) is 8.98. The van der Waals surface area contributed by atoms with Crippen LogP contribution >= 0.6 is 11.6 Å². The molecular weight excluding hydrogens is 480 g/mol. The highest BCUT2D eigenvalue weighted by Gasteiger charge is 2.34. The normalized spacial score (nSPS) is 15.4. The zero-order valence-corrected chi connectivity index (χ0v) is 17.9. The van der Waals surface area contributed by atoms with E-state index in [4.69, 9.17) is 21.1 Å². The van der Waals surface area contributed by atoms with Gasteiger partial charge in [-0.25, -0.2) is 12.8 Å². The number of carbonyl (C=O) groups excluding carboxylic acids is 1. The zero-order chi connectivity index (χ0) is 23.5. The number of ether oxygens (including phenoxy) is 2. The Morgan fingerprint density at radius 3 is 2.50 bits per heavy atom. The molecule has 32 heavy (non-hydrogen) atoms. The maximum Gasteiger partial charge on any atom is 0.419 e. The van der Waals surface area contributed by atoms with Crippen LogP contribution in [0.4, 0.5) is 23.2 Å². The van der Waals surface area contributed by atoms with Gasteiger partial charge in [0.15, 0.2) is 6.61 Å². The van der Waals surface area contributed by atoms with E-state index in [1.165, 1.54) is 22.5 Å². The van der Waals surface area contributed by atoms with Gasteiger partial charge in [-0.15, -0.1) is 0 Å². The number of alkyl halides is 3. The third kappa shape index (κ3) is 5.68. The zero-order valence-electron chi connectivity index (χ0n) is 16.3. The van der Waals surface area contributed by atoms with Crippen LogP contribution < -0.4 is 10.1 Å². The van der Waals surface area contributed by atoms with Crippen LogP contribution in [0.2, 0.25) is 5.02 Å². The molecule has 174 valence electrons. The molecule has 7 nitrogen and oxygen atoms in total. The van der Waals surface area contributed by atoms with Crippen LogP contribution in [0, 0.1) is 5.82 Å². The van der Waals surface area contributed by atoms with Crippen molar-refractivity contribution in [2.45, 2.75) is 11.1 Å². The molecular formula is C19H17ClF4N2O5S. The summed E-state index contributed by atoms with van der Waals surface area (Å²) in [6.07, 6.45) is -4.94. The summed E-state index contributed by atoms with van der Waals surface area (Å²) in [4.78, 5) is 11.9.